The van der Waals surface area contributed by atoms with Crippen molar-refractivity contribution in [2.75, 3.05) is 14.2 Å². The minimum Gasteiger partial charge on any atom is -0.353 e. The second-order valence-corrected chi connectivity index (χ2v) is 4.68. The van der Waals surface area contributed by atoms with Gasteiger partial charge in [0.15, 0.2) is 5.79 Å². The molecule has 0 heterocycles. The maximum Gasteiger partial charge on any atom is 0.170 e. The third-order valence-corrected chi connectivity index (χ3v) is 3.36. The number of hydrogen-bond acceptors (Lipinski definition) is 2. The number of methoxy groups -OCH3 is 2. The molecule has 0 aromatic rings. The van der Waals surface area contributed by atoms with Gasteiger partial charge in [0, 0.05) is 27.1 Å². The highest BCUT2D eigenvalue weighted by Gasteiger charge is 2.26. The lowest BCUT2D eigenvalue weighted by Crippen LogP contribution is -2.33. The summed E-state index contributed by atoms with van der Waals surface area (Å²) in [6.07, 6.45) is 12.8. The van der Waals surface area contributed by atoms with Crippen LogP contribution in [-0.4, -0.2) is 20.0 Å². The molecule has 0 saturated heterocycles. The molecule has 0 aromatic heterocycles. The molecule has 0 aliphatic rings. The fourth-order valence-corrected chi connectivity index (χ4v) is 2.13. The smallest absolute Gasteiger partial charge is 0.170 e. The standard InChI is InChI=1S/C15H30O2/c1-5-7-8-9-10-11-12-14-15(16-3,17-4)13-6-2/h6H,2,5,7-14H2,1,3-4H3. The largest absolute Gasteiger partial charge is 0.353 e. The summed E-state index contributed by atoms with van der Waals surface area (Å²) in [6, 6.07) is 0. The van der Waals surface area contributed by atoms with Crippen molar-refractivity contribution in [3.8, 4) is 0 Å². The molecular formula is C15H30O2. The first-order chi connectivity index (χ1) is 8.24. The molecule has 0 rings (SSSR count). The van der Waals surface area contributed by atoms with Crippen LogP contribution in [0, 0.1) is 0 Å². The molecule has 0 bridgehead atoms. The van der Waals surface area contributed by atoms with E-state index in [-0.39, 0.29) is 0 Å². The molecule has 17 heavy (non-hydrogen) atoms. The molecule has 0 amide bonds. The lowest BCUT2D eigenvalue weighted by atomic mass is 10.0. The Labute approximate surface area is 107 Å². The first-order valence-corrected chi connectivity index (χ1v) is 6.96. The van der Waals surface area contributed by atoms with Crippen molar-refractivity contribution < 1.29 is 9.47 Å². The maximum absolute atomic E-state index is 5.48. The Morgan fingerprint density at radius 1 is 0.941 bits per heavy atom. The van der Waals surface area contributed by atoms with Crippen LogP contribution in [0.3, 0.4) is 0 Å². The molecule has 0 aliphatic carbocycles. The zero-order valence-corrected chi connectivity index (χ0v) is 12.0. The molecule has 0 radical (unpaired) electrons. The SMILES string of the molecule is C=CCC(CCCCCCCCC)(OC)OC. The number of ether oxygens (including phenoxy) is 2. The first kappa shape index (κ1) is 16.7. The van der Waals surface area contributed by atoms with Gasteiger partial charge in [0.05, 0.1) is 0 Å². The van der Waals surface area contributed by atoms with E-state index in [9.17, 15) is 0 Å². The van der Waals surface area contributed by atoms with Gasteiger partial charge in [-0.2, -0.15) is 0 Å². The average Bonchev–Trinajstić information content (AvgIpc) is 2.36. The fraction of sp³-hybridized carbons (Fsp3) is 0.867. The van der Waals surface area contributed by atoms with Crippen molar-refractivity contribution >= 4 is 0 Å². The highest BCUT2D eigenvalue weighted by Crippen LogP contribution is 2.24. The maximum atomic E-state index is 5.48. The van der Waals surface area contributed by atoms with E-state index in [1.807, 2.05) is 6.08 Å². The zero-order chi connectivity index (χ0) is 13.0. The van der Waals surface area contributed by atoms with Crippen molar-refractivity contribution in [2.45, 2.75) is 70.5 Å². The summed E-state index contributed by atoms with van der Waals surface area (Å²) >= 11 is 0. The van der Waals surface area contributed by atoms with Crippen LogP contribution < -0.4 is 0 Å². The quantitative estimate of drug-likeness (QED) is 0.281. The summed E-state index contributed by atoms with van der Waals surface area (Å²) in [5.74, 6) is -0.439. The van der Waals surface area contributed by atoms with Crippen LogP contribution in [0.15, 0.2) is 12.7 Å². The average molecular weight is 242 g/mol. The van der Waals surface area contributed by atoms with E-state index < -0.39 is 5.79 Å². The predicted molar refractivity (Wildman–Crippen MR) is 74.2 cm³/mol. The zero-order valence-electron chi connectivity index (χ0n) is 12.0. The summed E-state index contributed by atoms with van der Waals surface area (Å²) in [5, 5.41) is 0. The number of unbranched alkanes of at least 4 members (excludes halogenated alkanes) is 6. The van der Waals surface area contributed by atoms with Crippen molar-refractivity contribution in [3.63, 3.8) is 0 Å². The molecule has 0 spiro atoms. The molecule has 0 atom stereocenters. The minimum absolute atomic E-state index is 0.439. The van der Waals surface area contributed by atoms with E-state index in [2.05, 4.69) is 13.5 Å². The second kappa shape index (κ2) is 10.8. The minimum atomic E-state index is -0.439. The lowest BCUT2D eigenvalue weighted by molar-refractivity contribution is -0.208. The summed E-state index contributed by atoms with van der Waals surface area (Å²) in [4.78, 5) is 0. The van der Waals surface area contributed by atoms with Crippen molar-refractivity contribution in [1.82, 2.24) is 0 Å². The van der Waals surface area contributed by atoms with Crippen LogP contribution in [0.2, 0.25) is 0 Å². The highest BCUT2D eigenvalue weighted by molar-refractivity contribution is 4.80. The molecule has 0 aliphatic heterocycles. The van der Waals surface area contributed by atoms with Gasteiger partial charge in [0.25, 0.3) is 0 Å². The third kappa shape index (κ3) is 7.56. The van der Waals surface area contributed by atoms with Gasteiger partial charge in [0.1, 0.15) is 0 Å². The van der Waals surface area contributed by atoms with E-state index in [0.29, 0.717) is 0 Å². The summed E-state index contributed by atoms with van der Waals surface area (Å²) in [7, 11) is 3.43. The van der Waals surface area contributed by atoms with Crippen LogP contribution in [0.5, 0.6) is 0 Å². The van der Waals surface area contributed by atoms with E-state index in [1.54, 1.807) is 14.2 Å². The van der Waals surface area contributed by atoms with Gasteiger partial charge >= 0.3 is 0 Å². The molecule has 102 valence electrons. The van der Waals surface area contributed by atoms with Crippen LogP contribution in [-0.2, 0) is 9.47 Å². The summed E-state index contributed by atoms with van der Waals surface area (Å²) < 4.78 is 11.0. The molecular weight excluding hydrogens is 212 g/mol. The van der Waals surface area contributed by atoms with Crippen molar-refractivity contribution in [3.05, 3.63) is 12.7 Å². The normalized spacial score (nSPS) is 11.7. The second-order valence-electron chi connectivity index (χ2n) is 4.68. The summed E-state index contributed by atoms with van der Waals surface area (Å²) in [6.45, 7) is 6.01. The Bertz CT molecular complexity index is 174. The molecule has 0 unspecified atom stereocenters. The van der Waals surface area contributed by atoms with Gasteiger partial charge in [-0.25, -0.2) is 0 Å². The molecule has 0 aromatic carbocycles. The van der Waals surface area contributed by atoms with E-state index in [1.165, 1.54) is 44.9 Å². The molecule has 2 nitrogen and oxygen atoms in total. The first-order valence-electron chi connectivity index (χ1n) is 6.96. The van der Waals surface area contributed by atoms with Gasteiger partial charge in [0.2, 0.25) is 0 Å². The molecule has 0 fully saturated rings. The topological polar surface area (TPSA) is 18.5 Å². The number of hydrogen-bond donors (Lipinski definition) is 0. The van der Waals surface area contributed by atoms with E-state index in [4.69, 9.17) is 9.47 Å². The summed E-state index contributed by atoms with van der Waals surface area (Å²) in [5.41, 5.74) is 0. The highest BCUT2D eigenvalue weighted by atomic mass is 16.7. The van der Waals surface area contributed by atoms with Crippen molar-refractivity contribution in [2.24, 2.45) is 0 Å². The Morgan fingerprint density at radius 3 is 1.94 bits per heavy atom. The van der Waals surface area contributed by atoms with E-state index in [0.717, 1.165) is 12.8 Å². The van der Waals surface area contributed by atoms with Gasteiger partial charge in [-0.1, -0.05) is 51.5 Å². The van der Waals surface area contributed by atoms with Crippen LogP contribution in [0.4, 0.5) is 0 Å². The Kier molecular flexibility index (Phi) is 10.6. The van der Waals surface area contributed by atoms with Gasteiger partial charge in [-0.15, -0.1) is 6.58 Å². The molecule has 2 heteroatoms. The van der Waals surface area contributed by atoms with Crippen LogP contribution in [0.1, 0.15) is 64.7 Å². The number of rotatable bonds is 12. The fourth-order valence-electron chi connectivity index (χ4n) is 2.13. The Hall–Kier alpha value is -0.340. The van der Waals surface area contributed by atoms with Crippen LogP contribution >= 0.6 is 0 Å². The van der Waals surface area contributed by atoms with Crippen LogP contribution in [0.25, 0.3) is 0 Å². The predicted octanol–water partition coefficient (Wildman–Crippen LogP) is 4.69. The molecule has 0 saturated carbocycles. The van der Waals surface area contributed by atoms with Crippen molar-refractivity contribution in [1.29, 1.82) is 0 Å². The Balaban J connectivity index is 3.64. The third-order valence-electron chi connectivity index (χ3n) is 3.36. The van der Waals surface area contributed by atoms with Gasteiger partial charge in [-0.05, 0) is 6.42 Å². The molecule has 0 N–H and O–H groups in total. The monoisotopic (exact) mass is 242 g/mol. The van der Waals surface area contributed by atoms with Gasteiger partial charge < -0.3 is 9.47 Å². The lowest BCUT2D eigenvalue weighted by Gasteiger charge is -2.29. The van der Waals surface area contributed by atoms with Gasteiger partial charge in [-0.3, -0.25) is 0 Å². The van der Waals surface area contributed by atoms with E-state index >= 15 is 0 Å². The Morgan fingerprint density at radius 2 is 1.47 bits per heavy atom.